The van der Waals surface area contributed by atoms with Crippen LogP contribution in [-0.4, -0.2) is 94.6 Å². The van der Waals surface area contributed by atoms with Crippen LogP contribution >= 0.6 is 0 Å². The van der Waals surface area contributed by atoms with Crippen LogP contribution in [0.1, 0.15) is 48.9 Å². The van der Waals surface area contributed by atoms with Crippen molar-refractivity contribution in [3.8, 4) is 18.1 Å². The maximum absolute atomic E-state index is 13.5. The van der Waals surface area contributed by atoms with Gasteiger partial charge >= 0.3 is 12.1 Å². The summed E-state index contributed by atoms with van der Waals surface area (Å²) in [5.74, 6) is 0.149. The Kier molecular flexibility index (Phi) is 10.9. The average molecular weight is 639 g/mol. The number of carboxylic acids is 1. The number of rotatable bonds is 11. The van der Waals surface area contributed by atoms with Gasteiger partial charge in [0.15, 0.2) is 0 Å². The van der Waals surface area contributed by atoms with E-state index in [0.717, 1.165) is 0 Å². The number of carboxylic acid groups (broad SMARTS) is 1. The number of aromatic carboxylic acids is 1. The van der Waals surface area contributed by atoms with E-state index in [0.29, 0.717) is 5.69 Å². The number of anilines is 1. The molecule has 0 saturated carbocycles. The highest BCUT2D eigenvalue weighted by molar-refractivity contribution is 5.98. The molecule has 2 amide bonds. The van der Waals surface area contributed by atoms with Crippen molar-refractivity contribution in [1.29, 1.82) is 0 Å². The van der Waals surface area contributed by atoms with Gasteiger partial charge in [-0.05, 0) is 30.2 Å². The second-order valence-electron chi connectivity index (χ2n) is 11.3. The minimum atomic E-state index is -1.37. The number of ether oxygens (including phenoxy) is 3. The van der Waals surface area contributed by atoms with E-state index in [9.17, 15) is 34.8 Å². The van der Waals surface area contributed by atoms with Gasteiger partial charge in [0.2, 0.25) is 18.0 Å². The molecule has 246 valence electrons. The third kappa shape index (κ3) is 7.27. The molecule has 1 fully saturated rings. The van der Waals surface area contributed by atoms with Crippen LogP contribution in [0.5, 0.6) is 5.75 Å². The Labute approximate surface area is 265 Å². The first-order valence-electron chi connectivity index (χ1n) is 14.7. The molecule has 3 aromatic rings. The molecule has 1 saturated heterocycles. The van der Waals surface area contributed by atoms with Crippen molar-refractivity contribution in [2.24, 2.45) is 5.92 Å². The standard InChI is InChI=1S/C33H38N2O11/c1-6-10-23(46-33(42)35(5)28(18(2)3)31(39)34(4)19-11-8-7-9-12-19)20-13-14-24(21-15-25(32(40)41)45-30(20)21)43-27-16-22(37)29(38)26(17-36)44-27/h1,7-9,11-15,18,22-23,26-29,36-38H,10,16-17H2,2-5H3,(H,40,41)/t22-,23?,26-,27-,28?,29-/m1/s1. The number of nitrogens with zero attached hydrogens (tertiary/aromatic N) is 2. The molecule has 2 unspecified atom stereocenters. The smallest absolute Gasteiger partial charge is 0.410 e. The molecule has 2 aromatic carbocycles. The van der Waals surface area contributed by atoms with Crippen LogP contribution in [-0.2, 0) is 14.3 Å². The summed E-state index contributed by atoms with van der Waals surface area (Å²) in [5, 5.41) is 39.6. The summed E-state index contributed by atoms with van der Waals surface area (Å²) in [7, 11) is 3.07. The molecule has 0 bridgehead atoms. The highest BCUT2D eigenvalue weighted by Gasteiger charge is 2.38. The summed E-state index contributed by atoms with van der Waals surface area (Å²) in [6.07, 6.45) is -1.33. The van der Waals surface area contributed by atoms with Gasteiger partial charge < -0.3 is 44.0 Å². The van der Waals surface area contributed by atoms with Gasteiger partial charge in [-0.1, -0.05) is 32.0 Å². The number of likely N-dealkylation sites (N-methyl/N-ethyl adjacent to an activating group) is 2. The summed E-state index contributed by atoms with van der Waals surface area (Å²) in [5.41, 5.74) is 0.913. The van der Waals surface area contributed by atoms with Crippen molar-refractivity contribution in [2.75, 3.05) is 25.6 Å². The maximum atomic E-state index is 13.5. The number of amides is 2. The number of aliphatic hydroxyl groups excluding tert-OH is 3. The van der Waals surface area contributed by atoms with E-state index in [4.69, 9.17) is 25.1 Å². The Hall–Kier alpha value is -4.61. The van der Waals surface area contributed by atoms with E-state index in [2.05, 4.69) is 5.92 Å². The van der Waals surface area contributed by atoms with Crippen molar-refractivity contribution < 1.29 is 53.4 Å². The maximum Gasteiger partial charge on any atom is 0.410 e. The normalized spacial score (nSPS) is 20.8. The molecule has 4 rings (SSSR count). The number of benzene rings is 2. The molecule has 4 N–H and O–H groups in total. The molecule has 46 heavy (non-hydrogen) atoms. The van der Waals surface area contributed by atoms with Gasteiger partial charge in [-0.2, -0.15) is 0 Å². The molecule has 0 aliphatic carbocycles. The summed E-state index contributed by atoms with van der Waals surface area (Å²) in [4.78, 5) is 41.6. The number of carbonyl (C=O) groups excluding carboxylic acids is 2. The SMILES string of the molecule is C#CCC(OC(=O)N(C)C(C(=O)N(C)c1ccccc1)C(C)C)c1ccc(O[C@H]2C[C@@H](O)[C@@H](O)[C@@H](CO)O2)c2cc(C(=O)O)oc12. The van der Waals surface area contributed by atoms with Gasteiger partial charge in [0, 0.05) is 37.8 Å². The number of carbonyl (C=O) groups is 3. The third-order valence-electron chi connectivity index (χ3n) is 7.82. The summed E-state index contributed by atoms with van der Waals surface area (Å²) in [6.45, 7) is 3.04. The zero-order chi connectivity index (χ0) is 33.7. The Morgan fingerprint density at radius 2 is 1.80 bits per heavy atom. The van der Waals surface area contributed by atoms with E-state index in [1.165, 1.54) is 35.0 Å². The average Bonchev–Trinajstić information content (AvgIpc) is 3.49. The molecular weight excluding hydrogens is 600 g/mol. The highest BCUT2D eigenvalue weighted by Crippen LogP contribution is 2.38. The van der Waals surface area contributed by atoms with Crippen molar-refractivity contribution in [1.82, 2.24) is 4.90 Å². The number of terminal acetylenes is 1. The van der Waals surface area contributed by atoms with Crippen molar-refractivity contribution >= 4 is 34.6 Å². The zero-order valence-corrected chi connectivity index (χ0v) is 25.9. The van der Waals surface area contributed by atoms with Crippen molar-refractivity contribution in [3.63, 3.8) is 0 Å². The van der Waals surface area contributed by atoms with Crippen molar-refractivity contribution in [2.45, 2.75) is 63.4 Å². The number of aliphatic hydroxyl groups is 3. The van der Waals surface area contributed by atoms with Gasteiger partial charge in [-0.15, -0.1) is 12.3 Å². The van der Waals surface area contributed by atoms with Gasteiger partial charge in [-0.3, -0.25) is 9.69 Å². The zero-order valence-electron chi connectivity index (χ0n) is 25.9. The van der Waals surface area contributed by atoms with Crippen LogP contribution in [0.2, 0.25) is 0 Å². The minimum absolute atomic E-state index is 0.0148. The highest BCUT2D eigenvalue weighted by atomic mass is 16.7. The minimum Gasteiger partial charge on any atom is -0.475 e. The topological polar surface area (TPSA) is 179 Å². The molecule has 1 aliphatic heterocycles. The fourth-order valence-corrected chi connectivity index (χ4v) is 5.38. The Bertz CT molecular complexity index is 1580. The first-order valence-corrected chi connectivity index (χ1v) is 14.7. The summed E-state index contributed by atoms with van der Waals surface area (Å²) < 4.78 is 23.0. The molecule has 0 radical (unpaired) electrons. The van der Waals surface area contributed by atoms with E-state index < -0.39 is 61.2 Å². The summed E-state index contributed by atoms with van der Waals surface area (Å²) >= 11 is 0. The van der Waals surface area contributed by atoms with Gasteiger partial charge in [0.05, 0.1) is 24.5 Å². The number of fused-ring (bicyclic) bond motifs is 1. The Morgan fingerprint density at radius 3 is 2.41 bits per heavy atom. The monoisotopic (exact) mass is 638 g/mol. The lowest BCUT2D eigenvalue weighted by atomic mass is 10.0. The first kappa shape index (κ1) is 34.3. The number of para-hydroxylation sites is 1. The lowest BCUT2D eigenvalue weighted by Gasteiger charge is -2.36. The van der Waals surface area contributed by atoms with E-state index in [1.807, 2.05) is 6.07 Å². The van der Waals surface area contributed by atoms with Gasteiger partial charge in [0.25, 0.3) is 0 Å². The third-order valence-corrected chi connectivity index (χ3v) is 7.82. The van der Waals surface area contributed by atoms with E-state index >= 15 is 0 Å². The van der Waals surface area contributed by atoms with E-state index in [1.54, 1.807) is 45.2 Å². The van der Waals surface area contributed by atoms with Crippen LogP contribution in [0.3, 0.4) is 0 Å². The Balaban J connectivity index is 1.63. The largest absolute Gasteiger partial charge is 0.475 e. The van der Waals surface area contributed by atoms with Gasteiger partial charge in [-0.25, -0.2) is 9.59 Å². The second-order valence-corrected chi connectivity index (χ2v) is 11.3. The molecule has 1 aliphatic rings. The lowest BCUT2D eigenvalue weighted by Crippen LogP contribution is -2.51. The predicted molar refractivity (Wildman–Crippen MR) is 165 cm³/mol. The number of furan rings is 1. The fourth-order valence-electron chi connectivity index (χ4n) is 5.38. The van der Waals surface area contributed by atoms with Crippen LogP contribution in [0.25, 0.3) is 11.0 Å². The molecule has 2 heterocycles. The van der Waals surface area contributed by atoms with Crippen LogP contribution in [0.15, 0.2) is 52.9 Å². The molecule has 13 heteroatoms. The number of hydrogen-bond acceptors (Lipinski definition) is 10. The van der Waals surface area contributed by atoms with Crippen molar-refractivity contribution in [3.05, 3.63) is 59.9 Å². The van der Waals surface area contributed by atoms with Crippen LogP contribution in [0.4, 0.5) is 10.5 Å². The van der Waals surface area contributed by atoms with Crippen LogP contribution in [0, 0.1) is 18.3 Å². The molecule has 6 atom stereocenters. The van der Waals surface area contributed by atoms with E-state index in [-0.39, 0.29) is 46.9 Å². The summed E-state index contributed by atoms with van der Waals surface area (Å²) in [6, 6.07) is 12.3. The molecule has 1 aromatic heterocycles. The second kappa shape index (κ2) is 14.7. The first-order chi connectivity index (χ1) is 21.9. The molecule has 0 spiro atoms. The molecular formula is C33H38N2O11. The van der Waals surface area contributed by atoms with Crippen LogP contribution < -0.4 is 9.64 Å². The quantitative estimate of drug-likeness (QED) is 0.227. The lowest BCUT2D eigenvalue weighted by molar-refractivity contribution is -0.229. The fraction of sp³-hybridized carbons (Fsp3) is 0.424. The Morgan fingerprint density at radius 1 is 1.11 bits per heavy atom. The predicted octanol–water partition coefficient (Wildman–Crippen LogP) is 3.16. The van der Waals surface area contributed by atoms with Gasteiger partial charge in [0.1, 0.15) is 35.7 Å². The number of hydrogen-bond donors (Lipinski definition) is 4. The molecule has 13 nitrogen and oxygen atoms in total.